The maximum absolute atomic E-state index is 12.3. The monoisotopic (exact) mass is 409 g/mol. The SMILES string of the molecule is Cc1cc(O)c(-c2ccc(C(C)[As])cc2)c2c1[nH]c(=O)c1sccc12. The molecule has 0 bridgehead atoms. The van der Waals surface area contributed by atoms with Gasteiger partial charge < -0.3 is 0 Å². The van der Waals surface area contributed by atoms with Gasteiger partial charge in [0.25, 0.3) is 0 Å². The molecule has 0 fully saturated rings. The van der Waals surface area contributed by atoms with Crippen LogP contribution in [0.1, 0.15) is 22.8 Å². The molecule has 0 aliphatic heterocycles. The van der Waals surface area contributed by atoms with Gasteiger partial charge in [-0.2, -0.15) is 0 Å². The van der Waals surface area contributed by atoms with Crippen LogP contribution in [0.25, 0.3) is 32.1 Å². The van der Waals surface area contributed by atoms with E-state index in [2.05, 4.69) is 40.9 Å². The number of thiophene rings is 1. The normalized spacial score (nSPS) is 12.8. The molecule has 4 rings (SSSR count). The molecule has 1 unspecified atom stereocenters. The number of aromatic amines is 1. The molecule has 25 heavy (non-hydrogen) atoms. The summed E-state index contributed by atoms with van der Waals surface area (Å²) >= 11 is 4.05. The number of phenolic OH excluding ortho intramolecular Hbond substituents is 1. The third kappa shape index (κ3) is 2.61. The summed E-state index contributed by atoms with van der Waals surface area (Å²) in [7, 11) is 0. The zero-order valence-corrected chi connectivity index (χ0v) is 16.5. The van der Waals surface area contributed by atoms with Crippen molar-refractivity contribution in [3.63, 3.8) is 0 Å². The number of aromatic hydroxyl groups is 1. The molecule has 2 radical (unpaired) electrons. The zero-order valence-electron chi connectivity index (χ0n) is 13.8. The predicted molar refractivity (Wildman–Crippen MR) is 106 cm³/mol. The Balaban J connectivity index is 2.13. The van der Waals surface area contributed by atoms with E-state index in [0.717, 1.165) is 33.0 Å². The van der Waals surface area contributed by atoms with Crippen LogP contribution in [0.15, 0.2) is 46.6 Å². The first-order chi connectivity index (χ1) is 12.0. The van der Waals surface area contributed by atoms with E-state index in [-0.39, 0.29) is 11.3 Å². The zero-order chi connectivity index (χ0) is 17.7. The van der Waals surface area contributed by atoms with Crippen molar-refractivity contribution in [3.05, 3.63) is 63.3 Å². The second-order valence-corrected chi connectivity index (χ2v) is 8.79. The van der Waals surface area contributed by atoms with Gasteiger partial charge in [0.05, 0.1) is 0 Å². The van der Waals surface area contributed by atoms with Crippen molar-refractivity contribution < 1.29 is 5.11 Å². The van der Waals surface area contributed by atoms with Crippen molar-refractivity contribution in [3.8, 4) is 16.9 Å². The molecule has 0 saturated carbocycles. The number of rotatable bonds is 2. The Morgan fingerprint density at radius 3 is 2.60 bits per heavy atom. The van der Waals surface area contributed by atoms with Crippen LogP contribution in [-0.4, -0.2) is 26.9 Å². The van der Waals surface area contributed by atoms with Gasteiger partial charge in [-0.25, -0.2) is 0 Å². The second-order valence-electron chi connectivity index (χ2n) is 6.25. The molecule has 4 aromatic rings. The van der Waals surface area contributed by atoms with Crippen LogP contribution in [0, 0.1) is 6.92 Å². The molecule has 1 atom stereocenters. The fourth-order valence-electron chi connectivity index (χ4n) is 3.30. The number of hydrogen-bond donors (Lipinski definition) is 2. The Morgan fingerprint density at radius 2 is 1.92 bits per heavy atom. The first-order valence-electron chi connectivity index (χ1n) is 8.01. The minimum absolute atomic E-state index is 0.0786. The summed E-state index contributed by atoms with van der Waals surface area (Å²) in [5.41, 5.74) is 4.51. The molecule has 0 spiro atoms. The van der Waals surface area contributed by atoms with Gasteiger partial charge >= 0.3 is 158 Å². The van der Waals surface area contributed by atoms with E-state index >= 15 is 0 Å². The summed E-state index contributed by atoms with van der Waals surface area (Å²) in [4.78, 5) is 15.3. The van der Waals surface area contributed by atoms with Gasteiger partial charge in [-0.05, 0) is 0 Å². The molecule has 2 aromatic carbocycles. The maximum atomic E-state index is 12.3. The van der Waals surface area contributed by atoms with E-state index in [0.29, 0.717) is 9.41 Å². The van der Waals surface area contributed by atoms with Gasteiger partial charge in [-0.3, -0.25) is 0 Å². The van der Waals surface area contributed by atoms with Crippen molar-refractivity contribution in [2.75, 3.05) is 0 Å². The third-order valence-electron chi connectivity index (χ3n) is 4.56. The van der Waals surface area contributed by atoms with Crippen LogP contribution < -0.4 is 5.56 Å². The number of aryl methyl sites for hydroxylation is 1. The average molecular weight is 409 g/mol. The minimum atomic E-state index is -0.0786. The first-order valence-corrected chi connectivity index (χ1v) is 9.98. The Bertz CT molecular complexity index is 1160. The second kappa shape index (κ2) is 6.05. The molecule has 2 N–H and O–H groups in total. The number of pyridine rings is 1. The van der Waals surface area contributed by atoms with Gasteiger partial charge in [0.15, 0.2) is 0 Å². The summed E-state index contributed by atoms with van der Waals surface area (Å²) in [6.45, 7) is 4.03. The van der Waals surface area contributed by atoms with Gasteiger partial charge in [-0.15, -0.1) is 0 Å². The molecule has 3 nitrogen and oxygen atoms in total. The molecule has 5 heteroatoms. The Morgan fingerprint density at radius 1 is 1.20 bits per heavy atom. The van der Waals surface area contributed by atoms with E-state index in [1.165, 1.54) is 16.9 Å². The molecule has 124 valence electrons. The summed E-state index contributed by atoms with van der Waals surface area (Å²) in [6.07, 6.45) is 0. The summed E-state index contributed by atoms with van der Waals surface area (Å²) < 4.78 is 1.08. The van der Waals surface area contributed by atoms with Crippen LogP contribution in [-0.2, 0) is 0 Å². The number of nitrogens with one attached hydrogen (secondary N) is 1. The average Bonchev–Trinajstić information content (AvgIpc) is 3.07. The van der Waals surface area contributed by atoms with Gasteiger partial charge in [0.2, 0.25) is 0 Å². The number of benzene rings is 2. The molecule has 0 aliphatic carbocycles. The number of fused-ring (bicyclic) bond motifs is 3. The van der Waals surface area contributed by atoms with Crippen LogP contribution in [0.2, 0.25) is 0 Å². The Hall–Kier alpha value is -2.03. The van der Waals surface area contributed by atoms with Crippen molar-refractivity contribution in [1.29, 1.82) is 0 Å². The van der Waals surface area contributed by atoms with Crippen LogP contribution >= 0.6 is 11.3 Å². The van der Waals surface area contributed by atoms with Gasteiger partial charge in [-0.1, -0.05) is 0 Å². The van der Waals surface area contributed by atoms with E-state index in [9.17, 15) is 9.90 Å². The Labute approximate surface area is 157 Å². The molecule has 0 aliphatic rings. The molecule has 2 aromatic heterocycles. The van der Waals surface area contributed by atoms with Crippen molar-refractivity contribution in [2.24, 2.45) is 0 Å². The predicted octanol–water partition coefficient (Wildman–Crippen LogP) is 4.65. The number of hydrogen-bond acceptors (Lipinski definition) is 3. The fourth-order valence-corrected chi connectivity index (χ4v) is 4.46. The third-order valence-corrected chi connectivity index (χ3v) is 6.10. The van der Waals surface area contributed by atoms with Crippen LogP contribution in [0.3, 0.4) is 0 Å². The standard InChI is InChI=1S/C20H16AsNO2S/c1-10-9-15(23)16(13-5-3-12(4-6-13)11(2)21)17-14-7-8-25-19(14)20(24)22-18(10)17/h3-9,11,23H,1-2H3,(H,22,24). The Kier molecular flexibility index (Phi) is 3.98. The summed E-state index contributed by atoms with van der Waals surface area (Å²) in [5.74, 6) is 0.234. The molecular weight excluding hydrogens is 393 g/mol. The van der Waals surface area contributed by atoms with Gasteiger partial charge in [0.1, 0.15) is 0 Å². The van der Waals surface area contributed by atoms with E-state index in [1.54, 1.807) is 6.07 Å². The number of aromatic nitrogens is 1. The fraction of sp³-hybridized carbons (Fsp3) is 0.150. The topological polar surface area (TPSA) is 53.1 Å². The number of phenols is 1. The van der Waals surface area contributed by atoms with E-state index < -0.39 is 0 Å². The molecular formula is C20H16AsNO2S. The molecule has 0 amide bonds. The van der Waals surface area contributed by atoms with Crippen molar-refractivity contribution >= 4 is 49.2 Å². The van der Waals surface area contributed by atoms with Crippen molar-refractivity contribution in [1.82, 2.24) is 4.98 Å². The molecule has 0 saturated heterocycles. The van der Waals surface area contributed by atoms with E-state index in [1.807, 2.05) is 30.5 Å². The van der Waals surface area contributed by atoms with Crippen LogP contribution in [0.5, 0.6) is 5.75 Å². The van der Waals surface area contributed by atoms with Crippen molar-refractivity contribution in [2.45, 2.75) is 18.6 Å². The van der Waals surface area contributed by atoms with E-state index in [4.69, 9.17) is 0 Å². The first kappa shape index (κ1) is 16.4. The van der Waals surface area contributed by atoms with Crippen LogP contribution in [0.4, 0.5) is 0 Å². The quantitative estimate of drug-likeness (QED) is 0.474. The van der Waals surface area contributed by atoms with Gasteiger partial charge in [0, 0.05) is 0 Å². The number of H-pyrrole nitrogens is 1. The summed E-state index contributed by atoms with van der Waals surface area (Å²) in [5, 5.41) is 14.4. The summed E-state index contributed by atoms with van der Waals surface area (Å²) in [6, 6.07) is 11.9. The molecule has 2 heterocycles.